The molecular weight excluding hydrogens is 448 g/mol. The molecule has 11 heteroatoms. The van der Waals surface area contributed by atoms with Crippen molar-refractivity contribution in [2.45, 2.75) is 32.2 Å². The second-order valence-corrected chi connectivity index (χ2v) is 8.17. The van der Waals surface area contributed by atoms with Crippen molar-refractivity contribution in [1.29, 1.82) is 0 Å². The topological polar surface area (TPSA) is 127 Å². The number of aryl methyl sites for hydroxylation is 1. The van der Waals surface area contributed by atoms with Crippen LogP contribution in [-0.2, 0) is 11.2 Å². The summed E-state index contributed by atoms with van der Waals surface area (Å²) in [4.78, 5) is 16.0. The highest BCUT2D eigenvalue weighted by Gasteiger charge is 2.32. The number of pyridine rings is 1. The molecule has 1 fully saturated rings. The molecule has 5 heterocycles. The molecular formula is C24H28N8O3. The molecule has 0 spiro atoms. The zero-order valence-corrected chi connectivity index (χ0v) is 19.8. The van der Waals surface area contributed by atoms with Crippen molar-refractivity contribution in [3.63, 3.8) is 0 Å². The summed E-state index contributed by atoms with van der Waals surface area (Å²) in [5.41, 5.74) is 2.51. The molecule has 0 aromatic carbocycles. The largest absolute Gasteiger partial charge is 0.475 e. The molecule has 1 unspecified atom stereocenters. The highest BCUT2D eigenvalue weighted by atomic mass is 16.5. The Bertz CT molecular complexity index is 1240. The molecule has 1 aliphatic heterocycles. The number of ether oxygens (including phenoxy) is 2. The van der Waals surface area contributed by atoms with Gasteiger partial charge in [0.2, 0.25) is 11.8 Å². The van der Waals surface area contributed by atoms with Gasteiger partial charge in [0.05, 0.1) is 18.3 Å². The lowest BCUT2D eigenvalue weighted by Gasteiger charge is -2.23. The van der Waals surface area contributed by atoms with Crippen LogP contribution in [0.4, 0.5) is 17.6 Å². The lowest BCUT2D eigenvalue weighted by atomic mass is 10.1. The van der Waals surface area contributed by atoms with Gasteiger partial charge in [-0.2, -0.15) is 15.1 Å². The first-order valence-electron chi connectivity index (χ1n) is 11.7. The van der Waals surface area contributed by atoms with Gasteiger partial charge in [0.1, 0.15) is 18.1 Å². The van der Waals surface area contributed by atoms with Crippen molar-refractivity contribution in [3.8, 4) is 17.3 Å². The van der Waals surface area contributed by atoms with E-state index in [2.05, 4.69) is 42.5 Å². The molecule has 0 radical (unpaired) electrons. The third kappa shape index (κ3) is 5.24. The molecule has 182 valence electrons. The summed E-state index contributed by atoms with van der Waals surface area (Å²) in [6, 6.07) is 11.3. The van der Waals surface area contributed by atoms with Gasteiger partial charge in [-0.15, -0.1) is 0 Å². The first-order valence-corrected chi connectivity index (χ1v) is 11.7. The van der Waals surface area contributed by atoms with Crippen molar-refractivity contribution in [3.05, 3.63) is 54.0 Å². The molecule has 2 N–H and O–H groups in total. The second-order valence-electron chi connectivity index (χ2n) is 8.17. The van der Waals surface area contributed by atoms with Crippen LogP contribution in [0, 0.1) is 0 Å². The van der Waals surface area contributed by atoms with E-state index >= 15 is 0 Å². The third-order valence-electron chi connectivity index (χ3n) is 5.79. The molecule has 0 bridgehead atoms. The SMILES string of the molecule is CCc1cc(Nc2cc(OCCOC)nc(N3CCCC3c3cc(-c4ccccn4)no3)n2)n[nH]1. The Labute approximate surface area is 202 Å². The van der Waals surface area contributed by atoms with Crippen molar-refractivity contribution in [1.82, 2.24) is 30.3 Å². The third-order valence-corrected chi connectivity index (χ3v) is 5.79. The number of nitrogens with zero attached hydrogens (tertiary/aromatic N) is 6. The molecule has 0 amide bonds. The standard InChI is InChI=1S/C24H28N8O3/c1-3-16-13-22(30-29-16)26-21-15-23(34-12-11-33-2)28-24(27-21)32-10-6-8-19(32)20-14-18(31-35-20)17-7-4-5-9-25-17/h4-5,7,9,13-15,19H,3,6,8,10-12H2,1-2H3,(H2,26,27,28,29,30). The van der Waals surface area contributed by atoms with E-state index in [1.807, 2.05) is 30.3 Å². The molecule has 1 saturated heterocycles. The lowest BCUT2D eigenvalue weighted by molar-refractivity contribution is 0.143. The van der Waals surface area contributed by atoms with Crippen LogP contribution < -0.4 is 15.0 Å². The van der Waals surface area contributed by atoms with Crippen LogP contribution in [0.3, 0.4) is 0 Å². The first kappa shape index (κ1) is 22.8. The Balaban J connectivity index is 1.42. The fourth-order valence-electron chi connectivity index (χ4n) is 4.03. The van der Waals surface area contributed by atoms with Gasteiger partial charge >= 0.3 is 0 Å². The Hall–Kier alpha value is -3.99. The maximum Gasteiger partial charge on any atom is 0.231 e. The van der Waals surface area contributed by atoms with E-state index in [-0.39, 0.29) is 6.04 Å². The average Bonchev–Trinajstić information content (AvgIpc) is 3.65. The summed E-state index contributed by atoms with van der Waals surface area (Å²) in [6.45, 7) is 3.70. The van der Waals surface area contributed by atoms with Crippen LogP contribution >= 0.6 is 0 Å². The van der Waals surface area contributed by atoms with Gasteiger partial charge in [0.25, 0.3) is 0 Å². The van der Waals surface area contributed by atoms with Crippen molar-refractivity contribution >= 4 is 17.6 Å². The summed E-state index contributed by atoms with van der Waals surface area (Å²) >= 11 is 0. The van der Waals surface area contributed by atoms with Crippen molar-refractivity contribution < 1.29 is 14.0 Å². The molecule has 0 saturated carbocycles. The lowest BCUT2D eigenvalue weighted by Crippen LogP contribution is -2.25. The minimum absolute atomic E-state index is 0.0425. The van der Waals surface area contributed by atoms with Crippen LogP contribution in [-0.4, -0.2) is 57.2 Å². The van der Waals surface area contributed by atoms with E-state index in [0.29, 0.717) is 42.4 Å². The Morgan fingerprint density at radius 2 is 2.09 bits per heavy atom. The molecule has 0 aliphatic carbocycles. The first-order chi connectivity index (χ1) is 17.2. The Morgan fingerprint density at radius 3 is 2.89 bits per heavy atom. The molecule has 11 nitrogen and oxygen atoms in total. The van der Waals surface area contributed by atoms with Crippen molar-refractivity contribution in [2.24, 2.45) is 0 Å². The Morgan fingerprint density at radius 1 is 1.14 bits per heavy atom. The van der Waals surface area contributed by atoms with Gasteiger partial charge in [-0.1, -0.05) is 18.1 Å². The van der Waals surface area contributed by atoms with E-state index in [4.69, 9.17) is 19.0 Å². The number of hydrogen-bond acceptors (Lipinski definition) is 10. The maximum atomic E-state index is 5.84. The molecule has 4 aromatic heterocycles. The maximum absolute atomic E-state index is 5.84. The number of rotatable bonds is 10. The fourth-order valence-corrected chi connectivity index (χ4v) is 4.03. The van der Waals surface area contributed by atoms with Gasteiger partial charge in [0.15, 0.2) is 11.6 Å². The summed E-state index contributed by atoms with van der Waals surface area (Å²) in [5, 5.41) is 14.8. The number of aromatic nitrogens is 6. The minimum atomic E-state index is -0.0425. The van der Waals surface area contributed by atoms with Gasteiger partial charge in [-0.3, -0.25) is 10.1 Å². The van der Waals surface area contributed by atoms with Crippen molar-refractivity contribution in [2.75, 3.05) is 37.1 Å². The number of nitrogens with one attached hydrogen (secondary N) is 2. The van der Waals surface area contributed by atoms with Crippen LogP contribution in [0.5, 0.6) is 5.88 Å². The van der Waals surface area contributed by atoms with Crippen LogP contribution in [0.15, 0.2) is 47.1 Å². The fraction of sp³-hybridized carbons (Fsp3) is 0.375. The highest BCUT2D eigenvalue weighted by Crippen LogP contribution is 2.37. The van der Waals surface area contributed by atoms with Crippen LogP contribution in [0.1, 0.15) is 37.3 Å². The Kier molecular flexibility index (Phi) is 6.85. The summed E-state index contributed by atoms with van der Waals surface area (Å²) in [6.07, 6.45) is 4.48. The summed E-state index contributed by atoms with van der Waals surface area (Å²) < 4.78 is 16.7. The highest BCUT2D eigenvalue weighted by molar-refractivity contribution is 5.57. The molecule has 1 aliphatic rings. The van der Waals surface area contributed by atoms with Gasteiger partial charge < -0.3 is 24.2 Å². The quantitative estimate of drug-likeness (QED) is 0.325. The van der Waals surface area contributed by atoms with Crippen LogP contribution in [0.2, 0.25) is 0 Å². The predicted octanol–water partition coefficient (Wildman–Crippen LogP) is 3.92. The van der Waals surface area contributed by atoms with Crippen LogP contribution in [0.25, 0.3) is 11.4 Å². The zero-order valence-electron chi connectivity index (χ0n) is 19.8. The number of hydrogen-bond donors (Lipinski definition) is 2. The average molecular weight is 477 g/mol. The normalized spacial score (nSPS) is 15.5. The number of methoxy groups -OCH3 is 1. The van der Waals surface area contributed by atoms with Gasteiger partial charge in [-0.25, -0.2) is 0 Å². The summed E-state index contributed by atoms with van der Waals surface area (Å²) in [5.74, 6) is 3.04. The van der Waals surface area contributed by atoms with E-state index in [0.717, 1.165) is 43.0 Å². The smallest absolute Gasteiger partial charge is 0.231 e. The van der Waals surface area contributed by atoms with E-state index in [9.17, 15) is 0 Å². The number of anilines is 3. The molecule has 35 heavy (non-hydrogen) atoms. The van der Waals surface area contributed by atoms with E-state index in [1.165, 1.54) is 0 Å². The zero-order chi connectivity index (χ0) is 24.0. The molecule has 1 atom stereocenters. The predicted molar refractivity (Wildman–Crippen MR) is 130 cm³/mol. The number of aromatic amines is 1. The molecule has 4 aromatic rings. The summed E-state index contributed by atoms with van der Waals surface area (Å²) in [7, 11) is 1.64. The monoisotopic (exact) mass is 476 g/mol. The number of H-pyrrole nitrogens is 1. The van der Waals surface area contributed by atoms with E-state index < -0.39 is 0 Å². The molecule has 5 rings (SSSR count). The minimum Gasteiger partial charge on any atom is -0.475 e. The van der Waals surface area contributed by atoms with Gasteiger partial charge in [-0.05, 0) is 31.4 Å². The van der Waals surface area contributed by atoms with E-state index in [1.54, 1.807) is 19.4 Å². The second kappa shape index (κ2) is 10.5. The van der Waals surface area contributed by atoms with Gasteiger partial charge in [0, 0.05) is 43.7 Å².